The first-order chi connectivity index (χ1) is 19.7. The van der Waals surface area contributed by atoms with Gasteiger partial charge in [-0.25, -0.2) is 0 Å². The van der Waals surface area contributed by atoms with Gasteiger partial charge in [0.1, 0.15) is 5.52 Å². The molecule has 1 aromatic heterocycles. The third kappa shape index (κ3) is 7.04. The van der Waals surface area contributed by atoms with E-state index >= 15 is 0 Å². The van der Waals surface area contributed by atoms with Crippen LogP contribution in [0.4, 0.5) is 0 Å². The smallest absolute Gasteiger partial charge is 0.275 e. The van der Waals surface area contributed by atoms with E-state index in [9.17, 15) is 9.90 Å². The van der Waals surface area contributed by atoms with Gasteiger partial charge >= 0.3 is 0 Å². The van der Waals surface area contributed by atoms with Gasteiger partial charge in [0.05, 0.1) is 37.7 Å². The molecule has 2 saturated heterocycles. The number of hydrogen-bond donors (Lipinski definition) is 4. The van der Waals surface area contributed by atoms with Crippen LogP contribution in [0, 0.1) is 11.8 Å². The molecule has 3 heterocycles. The van der Waals surface area contributed by atoms with Crippen LogP contribution in [0.3, 0.4) is 0 Å². The number of morpholine rings is 1. The lowest BCUT2D eigenvalue weighted by molar-refractivity contribution is 0.0342. The molecule has 0 saturated carbocycles. The largest absolute Gasteiger partial charge is 0.505 e. The summed E-state index contributed by atoms with van der Waals surface area (Å²) >= 11 is 11.1. The lowest BCUT2D eigenvalue weighted by atomic mass is 10.0. The van der Waals surface area contributed by atoms with E-state index in [2.05, 4.69) is 47.8 Å². The normalized spacial score (nSPS) is 16.4. The van der Waals surface area contributed by atoms with Gasteiger partial charge in [-0.05, 0) is 61.5 Å². The molecule has 0 spiro atoms. The quantitative estimate of drug-likeness (QED) is 0.251. The summed E-state index contributed by atoms with van der Waals surface area (Å²) in [4.78, 5) is 17.4. The molecule has 0 bridgehead atoms. The van der Waals surface area contributed by atoms with Gasteiger partial charge in [-0.1, -0.05) is 35.6 Å². The number of ether oxygens (including phenoxy) is 1. The van der Waals surface area contributed by atoms with Gasteiger partial charge in [0, 0.05) is 36.6 Å². The summed E-state index contributed by atoms with van der Waals surface area (Å²) in [5.41, 5.74) is 2.23. The van der Waals surface area contributed by atoms with Crippen LogP contribution in [-0.2, 0) is 17.8 Å². The Hall–Kier alpha value is -3.53. The lowest BCUT2D eigenvalue weighted by Crippen LogP contribution is -2.59. The summed E-state index contributed by atoms with van der Waals surface area (Å²) in [6.45, 7) is 9.06. The average molecular weight is 594 g/mol. The Bertz CT molecular complexity index is 1500. The Morgan fingerprint density at radius 1 is 1.15 bits per heavy atom. The number of benzene rings is 2. The Morgan fingerprint density at radius 3 is 2.56 bits per heavy atom. The molecule has 0 aliphatic carbocycles. The van der Waals surface area contributed by atoms with Crippen LogP contribution >= 0.6 is 23.8 Å². The fraction of sp³-hybridized carbons (Fsp3) is 0.379. The highest BCUT2D eigenvalue weighted by atomic mass is 35.5. The minimum Gasteiger partial charge on any atom is -0.505 e. The minimum atomic E-state index is -0.526. The van der Waals surface area contributed by atoms with Gasteiger partial charge < -0.3 is 25.8 Å². The number of thiocarbonyl (C=S) groups is 1. The van der Waals surface area contributed by atoms with Crippen molar-refractivity contribution in [2.75, 3.05) is 39.6 Å². The number of nitrogens with zero attached hydrogens (tertiary/aromatic N) is 4. The van der Waals surface area contributed by atoms with E-state index in [1.165, 1.54) is 0 Å². The second-order valence-electron chi connectivity index (χ2n) is 10.5. The maximum Gasteiger partial charge on any atom is 0.275 e. The van der Waals surface area contributed by atoms with Crippen molar-refractivity contribution in [1.82, 2.24) is 35.9 Å². The van der Waals surface area contributed by atoms with Crippen LogP contribution in [0.25, 0.3) is 10.9 Å². The number of amides is 1. The maximum absolute atomic E-state index is 13.0. The lowest BCUT2D eigenvalue weighted by Gasteiger charge is -2.38. The Morgan fingerprint density at radius 2 is 1.85 bits per heavy atom. The van der Waals surface area contributed by atoms with Crippen molar-refractivity contribution in [3.8, 4) is 17.6 Å². The molecule has 1 amide bonds. The zero-order valence-corrected chi connectivity index (χ0v) is 24.5. The Kier molecular flexibility index (Phi) is 8.87. The molecule has 5 rings (SSSR count). The molecule has 0 unspecified atom stereocenters. The maximum atomic E-state index is 13.0. The van der Waals surface area contributed by atoms with Crippen molar-refractivity contribution < 1.29 is 14.6 Å². The van der Waals surface area contributed by atoms with E-state index in [0.717, 1.165) is 24.2 Å². The molecule has 0 radical (unpaired) electrons. The van der Waals surface area contributed by atoms with Crippen molar-refractivity contribution in [3.05, 3.63) is 63.8 Å². The third-order valence-corrected chi connectivity index (χ3v) is 7.69. The van der Waals surface area contributed by atoms with Crippen molar-refractivity contribution in [2.45, 2.75) is 32.5 Å². The van der Waals surface area contributed by atoms with Crippen LogP contribution < -0.4 is 16.0 Å². The number of hydrogen-bond acceptors (Lipinski definition) is 8. The number of aromatic hydroxyl groups is 1. The van der Waals surface area contributed by atoms with Gasteiger partial charge in [-0.2, -0.15) is 0 Å². The topological polar surface area (TPSA) is 115 Å². The summed E-state index contributed by atoms with van der Waals surface area (Å²) in [5, 5.41) is 30.5. The van der Waals surface area contributed by atoms with Crippen molar-refractivity contribution in [3.63, 3.8) is 0 Å². The third-order valence-electron chi connectivity index (χ3n) is 7.15. The van der Waals surface area contributed by atoms with Gasteiger partial charge in [-0.15, -0.1) is 10.2 Å². The molecular formula is C29H32ClN7O3S. The second-order valence-corrected chi connectivity index (χ2v) is 11.3. The predicted octanol–water partition coefficient (Wildman–Crippen LogP) is 2.58. The fourth-order valence-corrected chi connectivity index (χ4v) is 4.89. The van der Waals surface area contributed by atoms with Crippen LogP contribution in [0.1, 0.15) is 41.0 Å². The zero-order chi connectivity index (χ0) is 29.0. The molecule has 2 fully saturated rings. The van der Waals surface area contributed by atoms with E-state index < -0.39 is 11.4 Å². The van der Waals surface area contributed by atoms with Gasteiger partial charge in [0.2, 0.25) is 0 Å². The first kappa shape index (κ1) is 29.0. The van der Waals surface area contributed by atoms with Crippen LogP contribution in [0.2, 0.25) is 5.02 Å². The Labute approximate surface area is 249 Å². The summed E-state index contributed by atoms with van der Waals surface area (Å²) in [7, 11) is 0. The number of carbonyl (C=O) groups excluding carboxylic acids is 1. The second kappa shape index (κ2) is 12.5. The number of halogens is 1. The minimum absolute atomic E-state index is 0.143. The average Bonchev–Trinajstić information content (AvgIpc) is 2.97. The van der Waals surface area contributed by atoms with E-state index in [0.29, 0.717) is 59.7 Å². The van der Waals surface area contributed by atoms with E-state index in [1.54, 1.807) is 12.1 Å². The number of fused-ring (bicyclic) bond motifs is 1. The number of aromatic nitrogens is 2. The summed E-state index contributed by atoms with van der Waals surface area (Å²) < 4.78 is 5.50. The summed E-state index contributed by atoms with van der Waals surface area (Å²) in [6, 6.07) is 11.0. The highest BCUT2D eigenvalue weighted by Crippen LogP contribution is 2.30. The van der Waals surface area contributed by atoms with E-state index in [1.807, 2.05) is 38.1 Å². The summed E-state index contributed by atoms with van der Waals surface area (Å²) in [6.07, 6.45) is 0. The monoisotopic (exact) mass is 593 g/mol. The van der Waals surface area contributed by atoms with Crippen LogP contribution in [0.15, 0.2) is 36.4 Å². The van der Waals surface area contributed by atoms with Crippen LogP contribution in [0.5, 0.6) is 5.75 Å². The molecule has 214 valence electrons. The van der Waals surface area contributed by atoms with Crippen molar-refractivity contribution in [1.29, 1.82) is 0 Å². The molecule has 41 heavy (non-hydrogen) atoms. The molecule has 2 aromatic carbocycles. The van der Waals surface area contributed by atoms with Gasteiger partial charge in [0.25, 0.3) is 5.91 Å². The highest BCUT2D eigenvalue weighted by molar-refractivity contribution is 7.80. The SMILES string of the molecule is CC(C)(C#Cc1cc(CN2CCOCC2)cc2c(O)c(C(=O)NCc3ccc(Cl)cc3)nnc12)N1CNC(=S)NC1. The molecule has 2 aliphatic rings. The predicted molar refractivity (Wildman–Crippen MR) is 161 cm³/mol. The molecule has 2 aliphatic heterocycles. The van der Waals surface area contributed by atoms with Crippen molar-refractivity contribution in [2.24, 2.45) is 0 Å². The molecule has 10 nitrogen and oxygen atoms in total. The summed E-state index contributed by atoms with van der Waals surface area (Å²) in [5.74, 6) is 5.90. The van der Waals surface area contributed by atoms with Gasteiger partial charge in [0.15, 0.2) is 16.6 Å². The highest BCUT2D eigenvalue weighted by Gasteiger charge is 2.27. The first-order valence-corrected chi connectivity index (χ1v) is 14.1. The first-order valence-electron chi connectivity index (χ1n) is 13.3. The number of rotatable bonds is 6. The molecule has 3 aromatic rings. The van der Waals surface area contributed by atoms with Gasteiger partial charge in [-0.3, -0.25) is 14.6 Å². The van der Waals surface area contributed by atoms with E-state index in [-0.39, 0.29) is 18.0 Å². The standard InChI is InChI=1S/C29H32ClN7O3S/c1-29(2,37-17-32-28(41)33-18-37)8-7-21-13-20(16-36-9-11-40-12-10-36)14-23-24(21)34-35-25(26(23)38)27(39)31-15-19-3-5-22(30)6-4-19/h3-6,13-14H,9-12,15-18H2,1-2H3,(H,31,39)(H,34,38)(H2,32,33,41). The molecule has 12 heteroatoms. The van der Waals surface area contributed by atoms with Crippen LogP contribution in [-0.4, -0.2) is 81.3 Å². The Balaban J connectivity index is 1.47. The molecule has 4 N–H and O–H groups in total. The number of nitrogens with one attached hydrogen (secondary N) is 3. The fourth-order valence-electron chi connectivity index (χ4n) is 4.63. The molecule has 0 atom stereocenters. The molecular weight excluding hydrogens is 562 g/mol. The zero-order valence-electron chi connectivity index (χ0n) is 23.0. The number of carbonyl (C=O) groups is 1. The van der Waals surface area contributed by atoms with Crippen molar-refractivity contribution >= 4 is 45.7 Å². The van der Waals surface area contributed by atoms with E-state index in [4.69, 9.17) is 28.6 Å².